The van der Waals surface area contributed by atoms with Crippen LogP contribution in [0.5, 0.6) is 0 Å². The molecular formula is C41H72O18S. The molecule has 2 saturated heterocycles. The standard InChI is InChI=1S/C41H72O18S/c1-19(2)21(12-15-55-37-35(30(45)23(43)17-56-37)58-38-34(54-7)31(46)25(53-6)18-57-38)9-8-20(3)27-32(47)33(48)36-40(27,5)14-11-26-39(4)13-10-22(42)29(44)28(39)24(16-41(26,36)49)59-60(50,51)52/h19-38,42-49H,8-18H2,1-7H3,(H,50,51,52)/t20-,21-,22+,23-,24+,25-,26-,27+,28+,29+,30+,31+,32-,33-,34-,35-,36-,37-,38+,39-,40-,41+/m1/s1. The SMILES string of the molecule is CO[C@H]1[C@H](O[C@H]2[C@H](OCC[C@@H](CC[C@@H](C)[C@H]3[C@@H](O)[C@@H](O)[C@@H]4[C@]3(C)CC[C@@H]3[C@@]5(C)CC[C@H](O)[C@H](O)[C@@H]5[C@@H](OS(=O)(=O)O)C[C@]34O)C(C)C)OC[C@@H](O)[C@@H]2O)OC[C@@H](OC)[C@@H]1O. The number of fused-ring (bicyclic) bond motifs is 5. The largest absolute Gasteiger partial charge is 0.397 e. The van der Waals surface area contributed by atoms with Gasteiger partial charge < -0.3 is 69.3 Å². The summed E-state index contributed by atoms with van der Waals surface area (Å²) in [6.07, 6.45) is -11.8. The lowest BCUT2D eigenvalue weighted by Gasteiger charge is -2.66. The number of methoxy groups -OCH3 is 2. The Hall–Kier alpha value is -0.690. The smallest absolute Gasteiger partial charge is 0.390 e. The summed E-state index contributed by atoms with van der Waals surface area (Å²) in [6, 6.07) is 0. The first-order valence-corrected chi connectivity index (χ1v) is 23.1. The minimum atomic E-state index is -5.03. The second-order valence-corrected chi connectivity index (χ2v) is 20.8. The van der Waals surface area contributed by atoms with E-state index in [0.717, 1.165) is 6.42 Å². The van der Waals surface area contributed by atoms with E-state index in [4.69, 9.17) is 32.6 Å². The molecule has 6 fully saturated rings. The highest BCUT2D eigenvalue weighted by atomic mass is 32.3. The van der Waals surface area contributed by atoms with E-state index in [0.29, 0.717) is 32.1 Å². The van der Waals surface area contributed by atoms with E-state index < -0.39 is 130 Å². The number of ether oxygens (including phenoxy) is 6. The van der Waals surface area contributed by atoms with Crippen LogP contribution < -0.4 is 0 Å². The van der Waals surface area contributed by atoms with Crippen LogP contribution in [0.15, 0.2) is 0 Å². The minimum absolute atomic E-state index is 0.00952. The average Bonchev–Trinajstić information content (AvgIpc) is 3.37. The van der Waals surface area contributed by atoms with E-state index in [-0.39, 0.29) is 50.4 Å². The molecule has 6 rings (SSSR count). The third-order valence-corrected chi connectivity index (χ3v) is 16.6. The first-order chi connectivity index (χ1) is 28.0. The second-order valence-electron chi connectivity index (χ2n) is 19.7. The highest BCUT2D eigenvalue weighted by Gasteiger charge is 2.74. The van der Waals surface area contributed by atoms with Gasteiger partial charge in [-0.1, -0.05) is 41.0 Å². The fourth-order valence-corrected chi connectivity index (χ4v) is 13.7. The topological polar surface area (TPSA) is 281 Å². The number of hydrogen-bond acceptors (Lipinski definition) is 17. The van der Waals surface area contributed by atoms with E-state index in [1.54, 1.807) is 0 Å². The van der Waals surface area contributed by atoms with E-state index >= 15 is 0 Å². The van der Waals surface area contributed by atoms with Gasteiger partial charge in [0.2, 0.25) is 0 Å². The number of aliphatic hydroxyl groups is 8. The molecule has 0 radical (unpaired) electrons. The summed E-state index contributed by atoms with van der Waals surface area (Å²) in [4.78, 5) is 0. The summed E-state index contributed by atoms with van der Waals surface area (Å²) in [5.74, 6) is -2.51. The van der Waals surface area contributed by atoms with Crippen LogP contribution >= 0.6 is 0 Å². The average molecular weight is 885 g/mol. The normalized spacial score (nSPS) is 49.5. The molecule has 0 aromatic heterocycles. The summed E-state index contributed by atoms with van der Waals surface area (Å²) in [5, 5.41) is 90.5. The highest BCUT2D eigenvalue weighted by molar-refractivity contribution is 7.80. The summed E-state index contributed by atoms with van der Waals surface area (Å²) < 4.78 is 73.7. The van der Waals surface area contributed by atoms with Gasteiger partial charge in [-0.15, -0.1) is 0 Å². The Morgan fingerprint density at radius 1 is 0.733 bits per heavy atom. The molecule has 9 N–H and O–H groups in total. The van der Waals surface area contributed by atoms with Gasteiger partial charge in [0.05, 0.1) is 55.9 Å². The first-order valence-electron chi connectivity index (χ1n) is 21.7. The van der Waals surface area contributed by atoms with Crippen molar-refractivity contribution in [2.45, 2.75) is 171 Å². The van der Waals surface area contributed by atoms with Crippen molar-refractivity contribution in [3.63, 3.8) is 0 Å². The van der Waals surface area contributed by atoms with Crippen molar-refractivity contribution in [3.8, 4) is 0 Å². The lowest BCUT2D eigenvalue weighted by molar-refractivity contribution is -0.346. The summed E-state index contributed by atoms with van der Waals surface area (Å²) in [6.45, 7) is 10.1. The van der Waals surface area contributed by atoms with Crippen LogP contribution in [0.25, 0.3) is 0 Å². The van der Waals surface area contributed by atoms with E-state index in [1.807, 2.05) is 20.8 Å². The molecule has 6 aliphatic rings. The van der Waals surface area contributed by atoms with Crippen LogP contribution in [0.2, 0.25) is 0 Å². The van der Waals surface area contributed by atoms with Gasteiger partial charge in [-0.25, -0.2) is 4.18 Å². The maximum Gasteiger partial charge on any atom is 0.397 e. The third kappa shape index (κ3) is 8.97. The van der Waals surface area contributed by atoms with Crippen LogP contribution in [0.1, 0.15) is 86.0 Å². The fraction of sp³-hybridized carbons (Fsp3) is 1.00. The molecule has 4 aliphatic carbocycles. The zero-order valence-corrected chi connectivity index (χ0v) is 36.7. The van der Waals surface area contributed by atoms with Crippen molar-refractivity contribution in [1.29, 1.82) is 0 Å². The third-order valence-electron chi connectivity index (χ3n) is 16.1. The molecule has 0 spiro atoms. The summed E-state index contributed by atoms with van der Waals surface area (Å²) >= 11 is 0. The Morgan fingerprint density at radius 2 is 1.40 bits per heavy atom. The first kappa shape index (κ1) is 48.8. The molecule has 350 valence electrons. The molecule has 0 bridgehead atoms. The number of hydrogen-bond donors (Lipinski definition) is 9. The monoisotopic (exact) mass is 884 g/mol. The second kappa shape index (κ2) is 18.7. The summed E-state index contributed by atoms with van der Waals surface area (Å²) in [5.41, 5.74) is -3.42. The van der Waals surface area contributed by atoms with Gasteiger partial charge in [-0.2, -0.15) is 8.42 Å². The van der Waals surface area contributed by atoms with Crippen molar-refractivity contribution < 1.29 is 86.4 Å². The van der Waals surface area contributed by atoms with Crippen LogP contribution in [0, 0.1) is 52.3 Å². The molecular weight excluding hydrogens is 813 g/mol. The van der Waals surface area contributed by atoms with Gasteiger partial charge in [-0.05, 0) is 78.9 Å². The predicted octanol–water partition coefficient (Wildman–Crippen LogP) is 0.137. The Labute approximate surface area is 353 Å². The van der Waals surface area contributed by atoms with Crippen LogP contribution in [-0.4, -0.2) is 173 Å². The maximum atomic E-state index is 12.9. The van der Waals surface area contributed by atoms with E-state index in [9.17, 15) is 53.8 Å². The minimum Gasteiger partial charge on any atom is -0.390 e. The van der Waals surface area contributed by atoms with Gasteiger partial charge in [0.1, 0.15) is 36.6 Å². The zero-order chi connectivity index (χ0) is 44.3. The molecule has 4 saturated carbocycles. The van der Waals surface area contributed by atoms with Crippen molar-refractivity contribution >= 4 is 10.4 Å². The van der Waals surface area contributed by atoms with Crippen molar-refractivity contribution in [2.75, 3.05) is 34.0 Å². The zero-order valence-electron chi connectivity index (χ0n) is 35.9. The van der Waals surface area contributed by atoms with Gasteiger partial charge in [0.25, 0.3) is 0 Å². The van der Waals surface area contributed by atoms with Crippen LogP contribution in [0.3, 0.4) is 0 Å². The molecule has 60 heavy (non-hydrogen) atoms. The summed E-state index contributed by atoms with van der Waals surface area (Å²) in [7, 11) is -2.20. The Kier molecular flexibility index (Phi) is 15.2. The fourth-order valence-electron chi connectivity index (χ4n) is 13.2. The van der Waals surface area contributed by atoms with E-state index in [2.05, 4.69) is 13.8 Å². The molecule has 18 nitrogen and oxygen atoms in total. The molecule has 2 heterocycles. The van der Waals surface area contributed by atoms with Crippen LogP contribution in [0.4, 0.5) is 0 Å². The Bertz CT molecular complexity index is 1540. The lowest BCUT2D eigenvalue weighted by atomic mass is 9.41. The van der Waals surface area contributed by atoms with E-state index in [1.165, 1.54) is 14.2 Å². The molecule has 0 unspecified atom stereocenters. The van der Waals surface area contributed by atoms with Crippen LogP contribution in [-0.2, 0) is 43.0 Å². The van der Waals surface area contributed by atoms with Gasteiger partial charge in [-0.3, -0.25) is 4.55 Å². The van der Waals surface area contributed by atoms with Gasteiger partial charge >= 0.3 is 10.4 Å². The molecule has 2 aliphatic heterocycles. The molecule has 0 aromatic rings. The molecule has 22 atom stereocenters. The number of aliphatic hydroxyl groups excluding tert-OH is 7. The quantitative estimate of drug-likeness (QED) is 0.0989. The lowest BCUT2D eigenvalue weighted by Crippen LogP contribution is -2.71. The maximum absolute atomic E-state index is 12.9. The van der Waals surface area contributed by atoms with Crippen molar-refractivity contribution in [3.05, 3.63) is 0 Å². The Balaban J connectivity index is 1.12. The van der Waals surface area contributed by atoms with Gasteiger partial charge in [0.15, 0.2) is 12.6 Å². The number of rotatable bonds is 15. The highest BCUT2D eigenvalue weighted by Crippen LogP contribution is 2.70. The van der Waals surface area contributed by atoms with Gasteiger partial charge in [0, 0.05) is 32.5 Å². The molecule has 0 aromatic carbocycles. The Morgan fingerprint density at radius 3 is 2.03 bits per heavy atom. The predicted molar refractivity (Wildman–Crippen MR) is 210 cm³/mol. The van der Waals surface area contributed by atoms with Crippen molar-refractivity contribution in [2.24, 2.45) is 52.3 Å². The van der Waals surface area contributed by atoms with Crippen molar-refractivity contribution in [1.82, 2.24) is 0 Å². The molecule has 0 amide bonds. The molecule has 19 heteroatoms.